The van der Waals surface area contributed by atoms with E-state index < -0.39 is 0 Å². The third-order valence-electron chi connectivity index (χ3n) is 3.91. The highest BCUT2D eigenvalue weighted by molar-refractivity contribution is 6.08. The molecule has 1 heterocycles. The average Bonchev–Trinajstić information content (AvgIpc) is 2.55. The molecular formula is C19H13NO. The zero-order chi connectivity index (χ0) is 14.2. The number of Topliss-reactive ketones (excluding diaryl/α,β-unsaturated/α-hetero) is 1. The molecule has 1 aromatic heterocycles. The van der Waals surface area contributed by atoms with Gasteiger partial charge in [-0.3, -0.25) is 4.79 Å². The van der Waals surface area contributed by atoms with Crippen LogP contribution in [-0.2, 0) is 0 Å². The van der Waals surface area contributed by atoms with Crippen molar-refractivity contribution in [3.63, 3.8) is 0 Å². The number of carbonyl (C=O) groups is 1. The maximum Gasteiger partial charge on any atom is 0.176 e. The number of hydrogen-bond donors (Lipinski definition) is 0. The summed E-state index contributed by atoms with van der Waals surface area (Å²) >= 11 is 0. The van der Waals surface area contributed by atoms with Crippen molar-refractivity contribution in [1.29, 1.82) is 0 Å². The third-order valence-corrected chi connectivity index (χ3v) is 3.91. The number of fused-ring (bicyclic) bond motifs is 2. The number of pyridine rings is 1. The molecule has 0 spiro atoms. The lowest BCUT2D eigenvalue weighted by Crippen LogP contribution is -2.16. The van der Waals surface area contributed by atoms with E-state index in [-0.39, 0.29) is 11.7 Å². The van der Waals surface area contributed by atoms with Crippen LogP contribution in [0.25, 0.3) is 17.0 Å². The number of ketones is 1. The van der Waals surface area contributed by atoms with Crippen molar-refractivity contribution in [2.75, 3.05) is 0 Å². The molecule has 1 unspecified atom stereocenters. The van der Waals surface area contributed by atoms with E-state index in [2.05, 4.69) is 4.98 Å². The van der Waals surface area contributed by atoms with Gasteiger partial charge in [-0.2, -0.15) is 0 Å². The first-order valence-electron chi connectivity index (χ1n) is 7.00. The van der Waals surface area contributed by atoms with E-state index in [1.165, 1.54) is 0 Å². The van der Waals surface area contributed by atoms with Crippen LogP contribution in [0.2, 0.25) is 0 Å². The Labute approximate surface area is 122 Å². The van der Waals surface area contributed by atoms with Gasteiger partial charge in [0.2, 0.25) is 0 Å². The van der Waals surface area contributed by atoms with Gasteiger partial charge in [0.05, 0.1) is 17.1 Å². The number of para-hydroxylation sites is 1. The number of allylic oxidation sites excluding steroid dienone is 1. The second kappa shape index (κ2) is 4.67. The number of rotatable bonds is 1. The van der Waals surface area contributed by atoms with Gasteiger partial charge in [0.25, 0.3) is 0 Å². The molecule has 2 aromatic carbocycles. The fourth-order valence-corrected chi connectivity index (χ4v) is 2.82. The molecule has 0 radical (unpaired) electrons. The van der Waals surface area contributed by atoms with E-state index in [0.29, 0.717) is 5.56 Å². The summed E-state index contributed by atoms with van der Waals surface area (Å²) in [5.74, 6) is -0.0846. The Morgan fingerprint density at radius 3 is 2.52 bits per heavy atom. The van der Waals surface area contributed by atoms with Crippen LogP contribution in [0, 0.1) is 0 Å². The molecule has 0 saturated heterocycles. The zero-order valence-corrected chi connectivity index (χ0v) is 11.4. The highest BCUT2D eigenvalue weighted by Crippen LogP contribution is 2.30. The summed E-state index contributed by atoms with van der Waals surface area (Å²) in [6.45, 7) is 0. The predicted octanol–water partition coefficient (Wildman–Crippen LogP) is 4.23. The summed E-state index contributed by atoms with van der Waals surface area (Å²) in [5, 5.41) is 1.01. The topological polar surface area (TPSA) is 30.0 Å². The Hall–Kier alpha value is -2.74. The van der Waals surface area contributed by atoms with Gasteiger partial charge >= 0.3 is 0 Å². The van der Waals surface area contributed by atoms with Gasteiger partial charge in [-0.15, -0.1) is 0 Å². The third kappa shape index (κ3) is 1.96. The van der Waals surface area contributed by atoms with Crippen molar-refractivity contribution in [2.24, 2.45) is 0 Å². The molecule has 0 aliphatic heterocycles. The summed E-state index contributed by atoms with van der Waals surface area (Å²) in [6, 6.07) is 19.7. The molecule has 0 amide bonds. The van der Waals surface area contributed by atoms with Gasteiger partial charge in [0.1, 0.15) is 0 Å². The Bertz CT molecular complexity index is 865. The molecule has 21 heavy (non-hydrogen) atoms. The van der Waals surface area contributed by atoms with E-state index in [4.69, 9.17) is 0 Å². The first-order valence-corrected chi connectivity index (χ1v) is 7.00. The summed E-state index contributed by atoms with van der Waals surface area (Å²) in [4.78, 5) is 17.4. The molecule has 0 saturated carbocycles. The van der Waals surface area contributed by atoms with E-state index in [1.54, 1.807) is 0 Å². The first-order chi connectivity index (χ1) is 10.3. The molecule has 0 N–H and O–H groups in total. The van der Waals surface area contributed by atoms with E-state index >= 15 is 0 Å². The van der Waals surface area contributed by atoms with Crippen LogP contribution in [0.15, 0.2) is 66.7 Å². The second-order valence-electron chi connectivity index (χ2n) is 5.23. The molecule has 1 atom stereocenters. The molecule has 2 nitrogen and oxygen atoms in total. The average molecular weight is 271 g/mol. The summed E-state index contributed by atoms with van der Waals surface area (Å²) < 4.78 is 0. The first kappa shape index (κ1) is 12.0. The van der Waals surface area contributed by atoms with Gasteiger partial charge < -0.3 is 0 Å². The number of benzene rings is 2. The predicted molar refractivity (Wildman–Crippen MR) is 84.3 cm³/mol. The molecule has 1 aliphatic carbocycles. The molecule has 3 aromatic rings. The van der Waals surface area contributed by atoms with Crippen molar-refractivity contribution in [3.8, 4) is 0 Å². The van der Waals surface area contributed by atoms with E-state index in [1.807, 2.05) is 72.8 Å². The SMILES string of the molecule is O=C1c2cc3ccccc3nc2C=CC1c1ccccc1. The van der Waals surface area contributed by atoms with Crippen LogP contribution in [0.1, 0.15) is 27.5 Å². The van der Waals surface area contributed by atoms with Crippen molar-refractivity contribution < 1.29 is 4.79 Å². The van der Waals surface area contributed by atoms with Gasteiger partial charge in [0.15, 0.2) is 5.78 Å². The molecule has 0 bridgehead atoms. The lowest BCUT2D eigenvalue weighted by atomic mass is 9.85. The van der Waals surface area contributed by atoms with Gasteiger partial charge in [-0.1, -0.05) is 54.6 Å². The summed E-state index contributed by atoms with van der Waals surface area (Å²) in [5.41, 5.74) is 3.43. The Balaban J connectivity index is 1.86. The minimum absolute atomic E-state index is 0.122. The van der Waals surface area contributed by atoms with Gasteiger partial charge in [-0.05, 0) is 23.8 Å². The van der Waals surface area contributed by atoms with Crippen LogP contribution >= 0.6 is 0 Å². The standard InChI is InChI=1S/C19H13NO/c21-19-15(13-6-2-1-3-7-13)10-11-18-16(19)12-14-8-4-5-9-17(14)20-18/h1-12,15H. The highest BCUT2D eigenvalue weighted by Gasteiger charge is 2.25. The van der Waals surface area contributed by atoms with Crippen molar-refractivity contribution >= 4 is 22.8 Å². The molecule has 0 fully saturated rings. The molecule has 2 heteroatoms. The van der Waals surface area contributed by atoms with E-state index in [9.17, 15) is 4.79 Å². The van der Waals surface area contributed by atoms with Crippen molar-refractivity contribution in [2.45, 2.75) is 5.92 Å². The van der Waals surface area contributed by atoms with Crippen LogP contribution in [0.5, 0.6) is 0 Å². The lowest BCUT2D eigenvalue weighted by molar-refractivity contribution is 0.0974. The maximum absolute atomic E-state index is 12.8. The van der Waals surface area contributed by atoms with Crippen LogP contribution in [-0.4, -0.2) is 10.8 Å². The van der Waals surface area contributed by atoms with Gasteiger partial charge in [0, 0.05) is 10.9 Å². The molecular weight excluding hydrogens is 258 g/mol. The van der Waals surface area contributed by atoms with Crippen molar-refractivity contribution in [3.05, 3.63) is 83.6 Å². The fourth-order valence-electron chi connectivity index (χ4n) is 2.82. The molecule has 4 rings (SSSR count). The Morgan fingerprint density at radius 2 is 1.67 bits per heavy atom. The van der Waals surface area contributed by atoms with E-state index in [0.717, 1.165) is 22.2 Å². The van der Waals surface area contributed by atoms with Crippen LogP contribution in [0.3, 0.4) is 0 Å². The number of carbonyl (C=O) groups excluding carboxylic acids is 1. The fraction of sp³-hybridized carbons (Fsp3) is 0.0526. The Kier molecular flexibility index (Phi) is 2.68. The molecule has 1 aliphatic rings. The number of hydrogen-bond acceptors (Lipinski definition) is 2. The number of aromatic nitrogens is 1. The van der Waals surface area contributed by atoms with Crippen LogP contribution in [0.4, 0.5) is 0 Å². The largest absolute Gasteiger partial charge is 0.293 e. The smallest absolute Gasteiger partial charge is 0.176 e. The monoisotopic (exact) mass is 271 g/mol. The summed E-state index contributed by atoms with van der Waals surface area (Å²) in [7, 11) is 0. The highest BCUT2D eigenvalue weighted by atomic mass is 16.1. The quantitative estimate of drug-likeness (QED) is 0.663. The lowest BCUT2D eigenvalue weighted by Gasteiger charge is -2.18. The molecule has 100 valence electrons. The number of nitrogens with zero attached hydrogens (tertiary/aromatic N) is 1. The minimum Gasteiger partial charge on any atom is -0.293 e. The second-order valence-corrected chi connectivity index (χ2v) is 5.23. The normalized spacial score (nSPS) is 17.0. The minimum atomic E-state index is -0.207. The summed E-state index contributed by atoms with van der Waals surface area (Å²) in [6.07, 6.45) is 3.91. The van der Waals surface area contributed by atoms with Crippen LogP contribution < -0.4 is 0 Å². The van der Waals surface area contributed by atoms with Gasteiger partial charge in [-0.25, -0.2) is 4.98 Å². The maximum atomic E-state index is 12.8. The zero-order valence-electron chi connectivity index (χ0n) is 11.4. The van der Waals surface area contributed by atoms with Crippen molar-refractivity contribution in [1.82, 2.24) is 4.98 Å². The Morgan fingerprint density at radius 1 is 0.905 bits per heavy atom.